The highest BCUT2D eigenvalue weighted by atomic mass is 16.5. The summed E-state index contributed by atoms with van der Waals surface area (Å²) in [4.78, 5) is 0. The first kappa shape index (κ1) is 16.2. The molecule has 1 N–H and O–H groups in total. The quantitative estimate of drug-likeness (QED) is 0.821. The van der Waals surface area contributed by atoms with E-state index in [2.05, 4.69) is 38.2 Å². The molecule has 0 fully saturated rings. The summed E-state index contributed by atoms with van der Waals surface area (Å²) in [6, 6.07) is 10.3. The highest BCUT2D eigenvalue weighted by molar-refractivity contribution is 5.18. The van der Waals surface area contributed by atoms with E-state index in [1.54, 1.807) is 7.11 Å². The van der Waals surface area contributed by atoms with Gasteiger partial charge in [-0.15, -0.1) is 0 Å². The van der Waals surface area contributed by atoms with Crippen molar-refractivity contribution in [3.05, 3.63) is 35.9 Å². The fourth-order valence-electron chi connectivity index (χ4n) is 1.87. The van der Waals surface area contributed by atoms with Gasteiger partial charge in [-0.25, -0.2) is 0 Å². The second-order valence-corrected chi connectivity index (χ2v) is 5.93. The molecule has 0 aliphatic heterocycles. The van der Waals surface area contributed by atoms with Crippen LogP contribution in [0.25, 0.3) is 0 Å². The number of benzene rings is 1. The molecule has 0 radical (unpaired) electrons. The van der Waals surface area contributed by atoms with Crippen LogP contribution in [-0.4, -0.2) is 31.9 Å². The van der Waals surface area contributed by atoms with Crippen molar-refractivity contribution in [2.75, 3.05) is 20.3 Å². The minimum Gasteiger partial charge on any atom is -0.382 e. The summed E-state index contributed by atoms with van der Waals surface area (Å²) in [6.45, 7) is 9.92. The molecular formula is C16H27NO2. The highest BCUT2D eigenvalue weighted by Crippen LogP contribution is 2.19. The Balaban J connectivity index is 2.68. The normalized spacial score (nSPS) is 15.2. The van der Waals surface area contributed by atoms with Gasteiger partial charge in [0.25, 0.3) is 0 Å². The molecule has 0 heterocycles. The fraction of sp³-hybridized carbons (Fsp3) is 0.625. The van der Waals surface area contributed by atoms with Gasteiger partial charge in [-0.3, -0.25) is 0 Å². The fourth-order valence-corrected chi connectivity index (χ4v) is 1.87. The SMILES string of the molecule is COCC(C)OC(CNC(C)(C)C)c1ccccc1. The zero-order chi connectivity index (χ0) is 14.3. The van der Waals surface area contributed by atoms with Gasteiger partial charge < -0.3 is 14.8 Å². The summed E-state index contributed by atoms with van der Waals surface area (Å²) < 4.78 is 11.2. The molecule has 1 aromatic carbocycles. The van der Waals surface area contributed by atoms with Crippen molar-refractivity contribution in [3.8, 4) is 0 Å². The molecule has 0 bridgehead atoms. The van der Waals surface area contributed by atoms with Crippen molar-refractivity contribution in [1.29, 1.82) is 0 Å². The molecule has 0 aliphatic rings. The van der Waals surface area contributed by atoms with E-state index in [4.69, 9.17) is 9.47 Å². The lowest BCUT2D eigenvalue weighted by molar-refractivity contribution is -0.0411. The average molecular weight is 265 g/mol. The van der Waals surface area contributed by atoms with E-state index in [0.717, 1.165) is 6.54 Å². The van der Waals surface area contributed by atoms with E-state index in [0.29, 0.717) is 6.61 Å². The van der Waals surface area contributed by atoms with Crippen LogP contribution in [0.2, 0.25) is 0 Å². The first-order valence-corrected chi connectivity index (χ1v) is 6.87. The molecular weight excluding hydrogens is 238 g/mol. The summed E-state index contributed by atoms with van der Waals surface area (Å²) in [6.07, 6.45) is 0.127. The third-order valence-corrected chi connectivity index (χ3v) is 2.79. The Kier molecular flexibility index (Phi) is 6.49. The van der Waals surface area contributed by atoms with Crippen LogP contribution in [0.1, 0.15) is 39.4 Å². The van der Waals surface area contributed by atoms with Crippen LogP contribution in [0, 0.1) is 0 Å². The second kappa shape index (κ2) is 7.63. The standard InChI is InChI=1S/C16H27NO2/c1-13(12-18-5)19-15(11-17-16(2,3)4)14-9-7-6-8-10-14/h6-10,13,15,17H,11-12H2,1-5H3. The lowest BCUT2D eigenvalue weighted by Gasteiger charge is -2.27. The van der Waals surface area contributed by atoms with Gasteiger partial charge in [-0.2, -0.15) is 0 Å². The van der Waals surface area contributed by atoms with Crippen LogP contribution >= 0.6 is 0 Å². The Bertz CT molecular complexity index is 346. The van der Waals surface area contributed by atoms with Gasteiger partial charge in [0, 0.05) is 19.2 Å². The van der Waals surface area contributed by atoms with Gasteiger partial charge in [0.15, 0.2) is 0 Å². The summed E-state index contributed by atoms with van der Waals surface area (Å²) >= 11 is 0. The second-order valence-electron chi connectivity index (χ2n) is 5.93. The third kappa shape index (κ3) is 6.71. The minimum absolute atomic E-state index is 0.0468. The van der Waals surface area contributed by atoms with Crippen LogP contribution in [-0.2, 0) is 9.47 Å². The molecule has 0 aliphatic carbocycles. The molecule has 0 saturated heterocycles. The molecule has 0 saturated carbocycles. The van der Waals surface area contributed by atoms with Crippen LogP contribution in [0.3, 0.4) is 0 Å². The van der Waals surface area contributed by atoms with E-state index >= 15 is 0 Å². The summed E-state index contributed by atoms with van der Waals surface area (Å²) in [5, 5.41) is 3.50. The van der Waals surface area contributed by atoms with E-state index in [1.165, 1.54) is 5.56 Å². The maximum absolute atomic E-state index is 6.08. The highest BCUT2D eigenvalue weighted by Gasteiger charge is 2.18. The summed E-state index contributed by atoms with van der Waals surface area (Å²) in [5.41, 5.74) is 1.28. The molecule has 3 nitrogen and oxygen atoms in total. The molecule has 2 atom stereocenters. The zero-order valence-electron chi connectivity index (χ0n) is 12.8. The summed E-state index contributed by atoms with van der Waals surface area (Å²) in [5.74, 6) is 0. The van der Waals surface area contributed by atoms with Crippen molar-refractivity contribution in [3.63, 3.8) is 0 Å². The van der Waals surface area contributed by atoms with Crippen molar-refractivity contribution in [1.82, 2.24) is 5.32 Å². The van der Waals surface area contributed by atoms with Crippen molar-refractivity contribution < 1.29 is 9.47 Å². The third-order valence-electron chi connectivity index (χ3n) is 2.79. The number of ether oxygens (including phenoxy) is 2. The van der Waals surface area contributed by atoms with Gasteiger partial charge in [0.05, 0.1) is 18.8 Å². The number of methoxy groups -OCH3 is 1. The van der Waals surface area contributed by atoms with Gasteiger partial charge in [0.2, 0.25) is 0 Å². The predicted octanol–water partition coefficient (Wildman–Crippen LogP) is 3.17. The molecule has 19 heavy (non-hydrogen) atoms. The van der Waals surface area contributed by atoms with E-state index in [-0.39, 0.29) is 17.7 Å². The first-order valence-electron chi connectivity index (χ1n) is 6.87. The molecule has 1 aromatic rings. The summed E-state index contributed by atoms with van der Waals surface area (Å²) in [7, 11) is 1.70. The lowest BCUT2D eigenvalue weighted by atomic mass is 10.1. The lowest BCUT2D eigenvalue weighted by Crippen LogP contribution is -2.39. The molecule has 3 heteroatoms. The van der Waals surface area contributed by atoms with Gasteiger partial charge >= 0.3 is 0 Å². The smallest absolute Gasteiger partial charge is 0.0954 e. The Morgan fingerprint density at radius 1 is 1.16 bits per heavy atom. The Morgan fingerprint density at radius 2 is 1.79 bits per heavy atom. The molecule has 0 amide bonds. The maximum Gasteiger partial charge on any atom is 0.0954 e. The number of rotatable bonds is 7. The van der Waals surface area contributed by atoms with Crippen molar-refractivity contribution in [2.45, 2.75) is 45.4 Å². The maximum atomic E-state index is 6.08. The molecule has 108 valence electrons. The van der Waals surface area contributed by atoms with E-state index in [1.807, 2.05) is 25.1 Å². The Labute approximate surface area is 117 Å². The number of hydrogen-bond donors (Lipinski definition) is 1. The molecule has 2 unspecified atom stereocenters. The van der Waals surface area contributed by atoms with Crippen LogP contribution in [0.15, 0.2) is 30.3 Å². The predicted molar refractivity (Wildman–Crippen MR) is 79.4 cm³/mol. The topological polar surface area (TPSA) is 30.5 Å². The van der Waals surface area contributed by atoms with E-state index < -0.39 is 0 Å². The Hall–Kier alpha value is -0.900. The van der Waals surface area contributed by atoms with E-state index in [9.17, 15) is 0 Å². The Morgan fingerprint density at radius 3 is 2.32 bits per heavy atom. The first-order chi connectivity index (χ1) is 8.92. The van der Waals surface area contributed by atoms with Crippen LogP contribution in [0.5, 0.6) is 0 Å². The monoisotopic (exact) mass is 265 g/mol. The minimum atomic E-state index is 0.0468. The number of nitrogens with one attached hydrogen (secondary N) is 1. The van der Waals surface area contributed by atoms with Gasteiger partial charge in [-0.05, 0) is 33.3 Å². The largest absolute Gasteiger partial charge is 0.382 e. The average Bonchev–Trinajstić information content (AvgIpc) is 2.35. The molecule has 0 spiro atoms. The molecule has 1 rings (SSSR count). The van der Waals surface area contributed by atoms with Crippen molar-refractivity contribution in [2.24, 2.45) is 0 Å². The molecule has 0 aromatic heterocycles. The van der Waals surface area contributed by atoms with Crippen molar-refractivity contribution >= 4 is 0 Å². The van der Waals surface area contributed by atoms with Gasteiger partial charge in [-0.1, -0.05) is 30.3 Å². The van der Waals surface area contributed by atoms with Crippen LogP contribution < -0.4 is 5.32 Å². The van der Waals surface area contributed by atoms with Crippen LogP contribution in [0.4, 0.5) is 0 Å². The zero-order valence-corrected chi connectivity index (χ0v) is 12.8. The van der Waals surface area contributed by atoms with Gasteiger partial charge in [0.1, 0.15) is 0 Å². The number of hydrogen-bond acceptors (Lipinski definition) is 3.